The van der Waals surface area contributed by atoms with Crippen LogP contribution in [0, 0.1) is 20.8 Å². The van der Waals surface area contributed by atoms with Gasteiger partial charge in [-0.3, -0.25) is 4.90 Å². The molecule has 0 unspecified atom stereocenters. The number of ether oxygens (including phenoxy) is 1. The number of esters is 1. The van der Waals surface area contributed by atoms with Crippen LogP contribution < -0.4 is 4.90 Å². The van der Waals surface area contributed by atoms with Crippen LogP contribution in [0.15, 0.2) is 10.6 Å². The van der Waals surface area contributed by atoms with Crippen LogP contribution in [0.5, 0.6) is 0 Å². The van der Waals surface area contributed by atoms with Gasteiger partial charge in [-0.2, -0.15) is 0 Å². The number of carbonyl (C=O) groups is 1. The van der Waals surface area contributed by atoms with E-state index in [1.807, 2.05) is 33.8 Å². The average molecular weight is 416 g/mol. The molecular weight excluding hydrogens is 390 g/mol. The molecule has 3 aromatic rings. The van der Waals surface area contributed by atoms with Gasteiger partial charge in [-0.25, -0.2) is 14.8 Å². The van der Waals surface area contributed by atoms with Gasteiger partial charge < -0.3 is 14.2 Å². The second kappa shape index (κ2) is 8.08. The van der Waals surface area contributed by atoms with Crippen LogP contribution in [0.25, 0.3) is 10.2 Å². The molecule has 29 heavy (non-hydrogen) atoms. The molecule has 0 bridgehead atoms. The Morgan fingerprint density at radius 1 is 1.21 bits per heavy atom. The maximum atomic E-state index is 12.3. The second-order valence-corrected chi connectivity index (χ2v) is 8.24. The van der Waals surface area contributed by atoms with E-state index in [2.05, 4.69) is 19.9 Å². The minimum absolute atomic E-state index is 0.288. The van der Waals surface area contributed by atoms with Crippen molar-refractivity contribution in [2.75, 3.05) is 37.7 Å². The number of rotatable bonds is 5. The van der Waals surface area contributed by atoms with E-state index in [1.165, 1.54) is 11.3 Å². The molecule has 0 amide bonds. The third-order valence-corrected chi connectivity index (χ3v) is 6.24. The fraction of sp³-hybridized carbons (Fsp3) is 0.500. The third kappa shape index (κ3) is 3.97. The van der Waals surface area contributed by atoms with Crippen molar-refractivity contribution in [3.63, 3.8) is 0 Å². The number of anilines is 1. The van der Waals surface area contributed by atoms with E-state index in [-0.39, 0.29) is 5.97 Å². The lowest BCUT2D eigenvalue weighted by Crippen LogP contribution is -2.46. The molecule has 8 nitrogen and oxygen atoms in total. The molecule has 9 heteroatoms. The molecule has 1 aliphatic heterocycles. The number of aromatic nitrogens is 3. The van der Waals surface area contributed by atoms with E-state index in [1.54, 1.807) is 0 Å². The van der Waals surface area contributed by atoms with Crippen LogP contribution in [-0.2, 0) is 11.3 Å². The van der Waals surface area contributed by atoms with Crippen molar-refractivity contribution < 1.29 is 14.1 Å². The third-order valence-electron chi connectivity index (χ3n) is 5.08. The number of hydrogen-bond donors (Lipinski definition) is 0. The highest BCUT2D eigenvalue weighted by Crippen LogP contribution is 2.36. The maximum absolute atomic E-state index is 12.3. The molecule has 0 N–H and O–H groups in total. The zero-order valence-corrected chi connectivity index (χ0v) is 18.0. The predicted molar refractivity (Wildman–Crippen MR) is 112 cm³/mol. The summed E-state index contributed by atoms with van der Waals surface area (Å²) < 4.78 is 10.4. The monoisotopic (exact) mass is 415 g/mol. The zero-order chi connectivity index (χ0) is 20.5. The van der Waals surface area contributed by atoms with Gasteiger partial charge in [0, 0.05) is 38.8 Å². The molecule has 0 atom stereocenters. The Labute approximate surface area is 173 Å². The summed E-state index contributed by atoms with van der Waals surface area (Å²) in [5.41, 5.74) is 1.86. The van der Waals surface area contributed by atoms with Gasteiger partial charge in [0.15, 0.2) is 0 Å². The molecule has 3 aromatic heterocycles. The Balaban J connectivity index is 1.57. The summed E-state index contributed by atoms with van der Waals surface area (Å²) in [6.45, 7) is 12.2. The molecule has 154 valence electrons. The van der Waals surface area contributed by atoms with E-state index in [4.69, 9.17) is 14.2 Å². The molecule has 1 aliphatic rings. The van der Waals surface area contributed by atoms with Crippen molar-refractivity contribution in [3.05, 3.63) is 33.8 Å². The summed E-state index contributed by atoms with van der Waals surface area (Å²) in [6.07, 6.45) is 0. The molecule has 1 fully saturated rings. The topological polar surface area (TPSA) is 84.6 Å². The lowest BCUT2D eigenvalue weighted by Gasteiger charge is -2.35. The normalized spacial score (nSPS) is 15.2. The van der Waals surface area contributed by atoms with Gasteiger partial charge in [0.1, 0.15) is 27.1 Å². The highest BCUT2D eigenvalue weighted by Gasteiger charge is 2.26. The Hall–Kier alpha value is -2.52. The SMILES string of the molecule is CCOC(=O)c1sc2nc(C)nc(N3CCN(Cc4cc(C)on4)CC3)c2c1C. The summed E-state index contributed by atoms with van der Waals surface area (Å²) in [5, 5.41) is 5.05. The fourth-order valence-electron chi connectivity index (χ4n) is 3.68. The lowest BCUT2D eigenvalue weighted by molar-refractivity contribution is 0.0531. The van der Waals surface area contributed by atoms with E-state index in [9.17, 15) is 4.79 Å². The minimum Gasteiger partial charge on any atom is -0.462 e. The van der Waals surface area contributed by atoms with Gasteiger partial charge in [0.2, 0.25) is 0 Å². The standard InChI is InChI=1S/C20H25N5O3S/c1-5-27-20(26)17-13(3)16-18(21-14(4)22-19(16)29-17)25-8-6-24(7-9-25)11-15-10-12(2)28-23-15/h10H,5-9,11H2,1-4H3. The van der Waals surface area contributed by atoms with Crippen LogP contribution in [0.3, 0.4) is 0 Å². The Kier molecular flexibility index (Phi) is 5.51. The van der Waals surface area contributed by atoms with Crippen molar-refractivity contribution in [2.24, 2.45) is 0 Å². The lowest BCUT2D eigenvalue weighted by atomic mass is 10.1. The van der Waals surface area contributed by atoms with E-state index >= 15 is 0 Å². The van der Waals surface area contributed by atoms with Crippen molar-refractivity contribution in [1.29, 1.82) is 0 Å². The first-order valence-electron chi connectivity index (χ1n) is 9.80. The fourth-order valence-corrected chi connectivity index (χ4v) is 4.80. The first-order valence-corrected chi connectivity index (χ1v) is 10.6. The summed E-state index contributed by atoms with van der Waals surface area (Å²) in [5.74, 6) is 2.17. The highest BCUT2D eigenvalue weighted by molar-refractivity contribution is 7.20. The number of nitrogens with zero attached hydrogens (tertiary/aromatic N) is 5. The first-order chi connectivity index (χ1) is 14.0. The Morgan fingerprint density at radius 2 is 1.97 bits per heavy atom. The van der Waals surface area contributed by atoms with Crippen molar-refractivity contribution in [2.45, 2.75) is 34.2 Å². The van der Waals surface area contributed by atoms with E-state index in [0.29, 0.717) is 17.3 Å². The summed E-state index contributed by atoms with van der Waals surface area (Å²) in [6, 6.07) is 1.98. The molecule has 0 radical (unpaired) electrons. The maximum Gasteiger partial charge on any atom is 0.348 e. The van der Waals surface area contributed by atoms with Crippen LogP contribution in [-0.4, -0.2) is 58.8 Å². The van der Waals surface area contributed by atoms with Crippen LogP contribution in [0.4, 0.5) is 5.82 Å². The zero-order valence-electron chi connectivity index (χ0n) is 17.2. The van der Waals surface area contributed by atoms with Crippen LogP contribution >= 0.6 is 11.3 Å². The van der Waals surface area contributed by atoms with Gasteiger partial charge >= 0.3 is 5.97 Å². The number of carbonyl (C=O) groups excluding carboxylic acids is 1. The molecule has 0 aliphatic carbocycles. The quantitative estimate of drug-likeness (QED) is 0.588. The van der Waals surface area contributed by atoms with Crippen molar-refractivity contribution >= 4 is 33.3 Å². The van der Waals surface area contributed by atoms with Crippen molar-refractivity contribution in [3.8, 4) is 0 Å². The van der Waals surface area contributed by atoms with E-state index in [0.717, 1.165) is 65.8 Å². The van der Waals surface area contributed by atoms with Gasteiger partial charge in [-0.05, 0) is 33.3 Å². The van der Waals surface area contributed by atoms with Gasteiger partial charge in [-0.15, -0.1) is 11.3 Å². The van der Waals surface area contributed by atoms with Gasteiger partial charge in [0.05, 0.1) is 17.7 Å². The molecule has 0 aromatic carbocycles. The second-order valence-electron chi connectivity index (χ2n) is 7.24. The molecular formula is C20H25N5O3S. The van der Waals surface area contributed by atoms with Crippen LogP contribution in [0.2, 0.25) is 0 Å². The smallest absolute Gasteiger partial charge is 0.348 e. The van der Waals surface area contributed by atoms with Gasteiger partial charge in [0.25, 0.3) is 0 Å². The number of thiophene rings is 1. The first kappa shape index (κ1) is 19.8. The van der Waals surface area contributed by atoms with Crippen LogP contribution in [0.1, 0.15) is 39.4 Å². The Morgan fingerprint density at radius 3 is 2.62 bits per heavy atom. The average Bonchev–Trinajstić information content (AvgIpc) is 3.25. The number of hydrogen-bond acceptors (Lipinski definition) is 9. The van der Waals surface area contributed by atoms with Crippen molar-refractivity contribution in [1.82, 2.24) is 20.0 Å². The highest BCUT2D eigenvalue weighted by atomic mass is 32.1. The Bertz CT molecular complexity index is 1040. The number of piperazine rings is 1. The molecule has 0 saturated carbocycles. The largest absolute Gasteiger partial charge is 0.462 e. The summed E-state index contributed by atoms with van der Waals surface area (Å²) in [7, 11) is 0. The number of aryl methyl sites for hydroxylation is 3. The van der Waals surface area contributed by atoms with E-state index < -0.39 is 0 Å². The molecule has 0 spiro atoms. The predicted octanol–water partition coefficient (Wildman–Crippen LogP) is 3.10. The molecule has 4 rings (SSSR count). The number of fused-ring (bicyclic) bond motifs is 1. The summed E-state index contributed by atoms with van der Waals surface area (Å²) >= 11 is 1.39. The summed E-state index contributed by atoms with van der Waals surface area (Å²) in [4.78, 5) is 27.8. The molecule has 1 saturated heterocycles. The van der Waals surface area contributed by atoms with Gasteiger partial charge in [-0.1, -0.05) is 5.16 Å². The minimum atomic E-state index is -0.288. The molecule has 4 heterocycles.